The molecule has 0 aliphatic heterocycles. The van der Waals surface area contributed by atoms with Crippen molar-refractivity contribution in [3.05, 3.63) is 27.5 Å². The monoisotopic (exact) mass is 344 g/mol. The molecule has 0 saturated heterocycles. The van der Waals surface area contributed by atoms with Gasteiger partial charge in [0.2, 0.25) is 0 Å². The number of nitrogens with zero attached hydrogens (tertiary/aromatic N) is 1. The molecule has 5 heteroatoms. The maximum absolute atomic E-state index is 12.1. The Kier molecular flexibility index (Phi) is 3.69. The van der Waals surface area contributed by atoms with E-state index in [1.165, 1.54) is 0 Å². The summed E-state index contributed by atoms with van der Waals surface area (Å²) in [5.74, 6) is 0.320. The van der Waals surface area contributed by atoms with Gasteiger partial charge in [-0.3, -0.25) is 4.79 Å². The van der Waals surface area contributed by atoms with Gasteiger partial charge in [-0.05, 0) is 38.7 Å². The van der Waals surface area contributed by atoms with Crippen molar-refractivity contribution >= 4 is 33.4 Å². The van der Waals surface area contributed by atoms with Crippen LogP contribution in [0.3, 0.4) is 0 Å². The number of halogens is 2. The van der Waals surface area contributed by atoms with Crippen LogP contribution in [0.25, 0.3) is 0 Å². The maximum atomic E-state index is 12.1. The second-order valence-corrected chi connectivity index (χ2v) is 7.47. The van der Waals surface area contributed by atoms with Crippen LogP contribution >= 0.6 is 27.5 Å². The average Bonchev–Trinajstić information content (AvgIpc) is 2.70. The highest BCUT2D eigenvalue weighted by atomic mass is 79.9. The van der Waals surface area contributed by atoms with Gasteiger partial charge in [0.1, 0.15) is 5.15 Å². The SMILES string of the molecule is CC1(C)C(CNC(=O)c2cc(Br)cnc2Cl)C1(C)C. The molecule has 104 valence electrons. The molecule has 1 aliphatic rings. The Morgan fingerprint density at radius 1 is 1.42 bits per heavy atom. The number of hydrogen-bond acceptors (Lipinski definition) is 2. The highest BCUT2D eigenvalue weighted by molar-refractivity contribution is 9.10. The molecule has 19 heavy (non-hydrogen) atoms. The molecule has 0 aromatic carbocycles. The van der Waals surface area contributed by atoms with Gasteiger partial charge in [0.15, 0.2) is 0 Å². The third-order valence-electron chi connectivity index (χ3n) is 4.84. The van der Waals surface area contributed by atoms with Crippen molar-refractivity contribution in [1.82, 2.24) is 10.3 Å². The van der Waals surface area contributed by atoms with Gasteiger partial charge in [-0.25, -0.2) is 4.98 Å². The third-order valence-corrected chi connectivity index (χ3v) is 5.57. The van der Waals surface area contributed by atoms with Gasteiger partial charge in [0, 0.05) is 17.2 Å². The van der Waals surface area contributed by atoms with Crippen LogP contribution in [0.1, 0.15) is 38.1 Å². The first-order valence-electron chi connectivity index (χ1n) is 6.27. The molecule has 0 bridgehead atoms. The van der Waals surface area contributed by atoms with E-state index in [4.69, 9.17) is 11.6 Å². The number of carbonyl (C=O) groups is 1. The fraction of sp³-hybridized carbons (Fsp3) is 0.571. The molecular weight excluding hydrogens is 328 g/mol. The molecule has 1 aromatic heterocycles. The van der Waals surface area contributed by atoms with E-state index in [1.807, 2.05) is 0 Å². The minimum atomic E-state index is -0.169. The molecule has 2 rings (SSSR count). The lowest BCUT2D eigenvalue weighted by atomic mass is 10.0. The van der Waals surface area contributed by atoms with Crippen LogP contribution in [-0.4, -0.2) is 17.4 Å². The van der Waals surface area contributed by atoms with E-state index in [-0.39, 0.29) is 21.9 Å². The van der Waals surface area contributed by atoms with Gasteiger partial charge in [0.25, 0.3) is 5.91 Å². The predicted octanol–water partition coefficient (Wildman–Crippen LogP) is 3.91. The van der Waals surface area contributed by atoms with Gasteiger partial charge in [0.05, 0.1) is 5.56 Å². The largest absolute Gasteiger partial charge is 0.352 e. The molecule has 1 heterocycles. The predicted molar refractivity (Wildman–Crippen MR) is 80.3 cm³/mol. The zero-order valence-corrected chi connectivity index (χ0v) is 13.9. The summed E-state index contributed by atoms with van der Waals surface area (Å²) in [6.07, 6.45) is 1.58. The van der Waals surface area contributed by atoms with E-state index in [0.29, 0.717) is 18.0 Å². The molecule has 1 fully saturated rings. The van der Waals surface area contributed by atoms with Crippen molar-refractivity contribution in [2.24, 2.45) is 16.7 Å². The first kappa shape index (κ1) is 14.8. The minimum absolute atomic E-state index is 0.169. The summed E-state index contributed by atoms with van der Waals surface area (Å²) in [4.78, 5) is 16.1. The summed E-state index contributed by atoms with van der Waals surface area (Å²) in [7, 11) is 0. The van der Waals surface area contributed by atoms with Gasteiger partial charge < -0.3 is 5.32 Å². The van der Waals surface area contributed by atoms with Crippen molar-refractivity contribution < 1.29 is 4.79 Å². The van der Waals surface area contributed by atoms with Gasteiger partial charge in [-0.1, -0.05) is 39.3 Å². The average molecular weight is 346 g/mol. The van der Waals surface area contributed by atoms with Crippen LogP contribution in [0.4, 0.5) is 0 Å². The van der Waals surface area contributed by atoms with E-state index in [1.54, 1.807) is 12.3 Å². The van der Waals surface area contributed by atoms with Crippen molar-refractivity contribution in [2.45, 2.75) is 27.7 Å². The second kappa shape index (κ2) is 4.74. The summed E-state index contributed by atoms with van der Waals surface area (Å²) in [5.41, 5.74) is 0.937. The van der Waals surface area contributed by atoms with Crippen molar-refractivity contribution in [3.8, 4) is 0 Å². The fourth-order valence-electron chi connectivity index (χ4n) is 2.72. The van der Waals surface area contributed by atoms with Crippen molar-refractivity contribution in [3.63, 3.8) is 0 Å². The van der Waals surface area contributed by atoms with Crippen LogP contribution in [0.5, 0.6) is 0 Å². The minimum Gasteiger partial charge on any atom is -0.352 e. The van der Waals surface area contributed by atoms with Gasteiger partial charge >= 0.3 is 0 Å². The van der Waals surface area contributed by atoms with Crippen LogP contribution in [0, 0.1) is 16.7 Å². The van der Waals surface area contributed by atoms with Crippen molar-refractivity contribution in [1.29, 1.82) is 0 Å². The van der Waals surface area contributed by atoms with Crippen LogP contribution in [-0.2, 0) is 0 Å². The summed E-state index contributed by atoms with van der Waals surface area (Å²) in [6, 6.07) is 1.69. The fourth-order valence-corrected chi connectivity index (χ4v) is 3.24. The lowest BCUT2D eigenvalue weighted by Crippen LogP contribution is -2.27. The first-order valence-corrected chi connectivity index (χ1v) is 7.44. The molecule has 0 unspecified atom stereocenters. The third kappa shape index (κ3) is 2.52. The highest BCUT2D eigenvalue weighted by Gasteiger charge is 2.64. The molecule has 1 aromatic rings. The Morgan fingerprint density at radius 2 is 2.00 bits per heavy atom. The number of aromatic nitrogens is 1. The van der Waals surface area contributed by atoms with Crippen LogP contribution < -0.4 is 5.32 Å². The highest BCUT2D eigenvalue weighted by Crippen LogP contribution is 2.67. The Labute approximate surface area is 127 Å². The van der Waals surface area contributed by atoms with Crippen LogP contribution in [0.15, 0.2) is 16.7 Å². The molecule has 3 nitrogen and oxygen atoms in total. The number of nitrogens with one attached hydrogen (secondary N) is 1. The zero-order valence-electron chi connectivity index (χ0n) is 11.6. The Balaban J connectivity index is 2.02. The molecular formula is C14H18BrClN2O. The molecule has 1 N–H and O–H groups in total. The Hall–Kier alpha value is -0.610. The standard InChI is InChI=1S/C14H18BrClN2O/c1-13(2)10(14(13,3)4)7-18-12(19)9-5-8(15)6-17-11(9)16/h5-6,10H,7H2,1-4H3,(H,18,19). The van der Waals surface area contributed by atoms with Gasteiger partial charge in [-0.15, -0.1) is 0 Å². The molecule has 1 amide bonds. The summed E-state index contributed by atoms with van der Waals surface area (Å²) in [5, 5.41) is 3.19. The summed E-state index contributed by atoms with van der Waals surface area (Å²) in [6.45, 7) is 9.60. The van der Waals surface area contributed by atoms with E-state index in [2.05, 4.69) is 53.9 Å². The van der Waals surface area contributed by atoms with Crippen molar-refractivity contribution in [2.75, 3.05) is 6.54 Å². The summed E-state index contributed by atoms with van der Waals surface area (Å²) < 4.78 is 0.745. The Morgan fingerprint density at radius 3 is 2.53 bits per heavy atom. The topological polar surface area (TPSA) is 42.0 Å². The van der Waals surface area contributed by atoms with E-state index < -0.39 is 0 Å². The van der Waals surface area contributed by atoms with E-state index >= 15 is 0 Å². The van der Waals surface area contributed by atoms with E-state index in [0.717, 1.165) is 4.47 Å². The molecule has 0 atom stereocenters. The van der Waals surface area contributed by atoms with Gasteiger partial charge in [-0.2, -0.15) is 0 Å². The smallest absolute Gasteiger partial charge is 0.254 e. The van der Waals surface area contributed by atoms with E-state index in [9.17, 15) is 4.79 Å². The molecule has 0 spiro atoms. The number of rotatable bonds is 3. The molecule has 0 radical (unpaired) electrons. The number of hydrogen-bond donors (Lipinski definition) is 1. The van der Waals surface area contributed by atoms with Crippen LogP contribution in [0.2, 0.25) is 5.15 Å². The quantitative estimate of drug-likeness (QED) is 0.844. The first-order chi connectivity index (χ1) is 8.68. The lowest BCUT2D eigenvalue weighted by Gasteiger charge is -2.07. The summed E-state index contributed by atoms with van der Waals surface area (Å²) >= 11 is 9.23. The second-order valence-electron chi connectivity index (χ2n) is 6.20. The number of carbonyl (C=O) groups excluding carboxylic acids is 1. The number of pyridine rings is 1. The zero-order chi connectivity index (χ0) is 14.4. The number of amides is 1. The molecule has 1 saturated carbocycles. The lowest BCUT2D eigenvalue weighted by molar-refractivity contribution is 0.0949. The maximum Gasteiger partial charge on any atom is 0.254 e. The Bertz CT molecular complexity index is 514. The molecule has 1 aliphatic carbocycles. The normalized spacial score (nSPS) is 20.1.